The van der Waals surface area contributed by atoms with Gasteiger partial charge in [0.15, 0.2) is 5.65 Å². The summed E-state index contributed by atoms with van der Waals surface area (Å²) in [6.45, 7) is 0. The van der Waals surface area contributed by atoms with Crippen molar-refractivity contribution in [3.63, 3.8) is 0 Å². The maximum Gasteiger partial charge on any atom is 0.165 e. The van der Waals surface area contributed by atoms with E-state index in [1.807, 2.05) is 65.5 Å². The lowest BCUT2D eigenvalue weighted by atomic mass is 9.94. The van der Waals surface area contributed by atoms with Crippen LogP contribution in [0.5, 0.6) is 0 Å². The molecule has 146 valence electrons. The van der Waals surface area contributed by atoms with E-state index in [0.29, 0.717) is 5.02 Å². The van der Waals surface area contributed by atoms with E-state index >= 15 is 0 Å². The molecule has 0 spiro atoms. The Morgan fingerprint density at radius 3 is 2.53 bits per heavy atom. The second kappa shape index (κ2) is 6.92. The zero-order valence-electron chi connectivity index (χ0n) is 16.3. The van der Waals surface area contributed by atoms with Gasteiger partial charge in [-0.2, -0.15) is 5.10 Å². The van der Waals surface area contributed by atoms with Gasteiger partial charge in [0.25, 0.3) is 0 Å². The number of halogens is 1. The standard InChI is InChI=1S/C25H19ClN4/c26-19-12-10-16(11-13-19)24-22-23-18(14-17-6-4-5-9-21(17)28-23)15-27-25(22)30(29-24)20-7-2-1-3-8-20/h1-3,7-8,10-15H,4-6,9H2. The van der Waals surface area contributed by atoms with Crippen LogP contribution in [0.1, 0.15) is 24.1 Å². The molecule has 5 heteroatoms. The summed E-state index contributed by atoms with van der Waals surface area (Å²) in [5.74, 6) is 0. The number of aromatic nitrogens is 4. The Hall–Kier alpha value is -3.24. The average molecular weight is 411 g/mol. The Labute approximate surface area is 179 Å². The fraction of sp³-hybridized carbons (Fsp3) is 0.160. The minimum absolute atomic E-state index is 0.709. The lowest BCUT2D eigenvalue weighted by Crippen LogP contribution is -2.05. The van der Waals surface area contributed by atoms with Crippen molar-refractivity contribution in [2.24, 2.45) is 0 Å². The Morgan fingerprint density at radius 1 is 0.900 bits per heavy atom. The van der Waals surface area contributed by atoms with Crippen molar-refractivity contribution in [3.8, 4) is 16.9 Å². The van der Waals surface area contributed by atoms with Crippen molar-refractivity contribution in [3.05, 3.63) is 83.1 Å². The van der Waals surface area contributed by atoms with Crippen LogP contribution < -0.4 is 0 Å². The topological polar surface area (TPSA) is 43.6 Å². The van der Waals surface area contributed by atoms with Crippen LogP contribution in [0.4, 0.5) is 0 Å². The van der Waals surface area contributed by atoms with E-state index < -0.39 is 0 Å². The number of hydrogen-bond donors (Lipinski definition) is 0. The second-order valence-corrected chi connectivity index (χ2v) is 8.24. The lowest BCUT2D eigenvalue weighted by molar-refractivity contribution is 0.671. The van der Waals surface area contributed by atoms with Gasteiger partial charge >= 0.3 is 0 Å². The van der Waals surface area contributed by atoms with Crippen LogP contribution in [0.3, 0.4) is 0 Å². The average Bonchev–Trinajstić information content (AvgIpc) is 3.19. The van der Waals surface area contributed by atoms with E-state index in [2.05, 4.69) is 6.07 Å². The predicted octanol–water partition coefficient (Wildman–Crippen LogP) is 6.17. The molecule has 0 saturated heterocycles. The number of fused-ring (bicyclic) bond motifs is 4. The minimum Gasteiger partial charge on any atom is -0.252 e. The first kappa shape index (κ1) is 17.6. The number of hydrogen-bond acceptors (Lipinski definition) is 3. The molecule has 4 nitrogen and oxygen atoms in total. The van der Waals surface area contributed by atoms with E-state index in [0.717, 1.165) is 51.7 Å². The maximum absolute atomic E-state index is 6.14. The summed E-state index contributed by atoms with van der Waals surface area (Å²) in [5.41, 5.74) is 7.25. The first-order valence-electron chi connectivity index (χ1n) is 10.3. The summed E-state index contributed by atoms with van der Waals surface area (Å²) in [6, 6.07) is 20.2. The molecule has 0 saturated carbocycles. The molecule has 0 bridgehead atoms. The Kier molecular flexibility index (Phi) is 4.06. The molecule has 0 unspecified atom stereocenters. The van der Waals surface area contributed by atoms with Gasteiger partial charge in [-0.15, -0.1) is 0 Å². The highest BCUT2D eigenvalue weighted by atomic mass is 35.5. The second-order valence-electron chi connectivity index (χ2n) is 7.80. The third kappa shape index (κ3) is 2.79. The highest BCUT2D eigenvalue weighted by Gasteiger charge is 2.20. The van der Waals surface area contributed by atoms with E-state index in [1.165, 1.54) is 24.1 Å². The van der Waals surface area contributed by atoms with Gasteiger partial charge in [-0.3, -0.25) is 4.98 Å². The summed E-state index contributed by atoms with van der Waals surface area (Å²) < 4.78 is 1.92. The molecule has 30 heavy (non-hydrogen) atoms. The quantitative estimate of drug-likeness (QED) is 0.349. The number of pyridine rings is 2. The minimum atomic E-state index is 0.709. The zero-order valence-corrected chi connectivity index (χ0v) is 17.1. The van der Waals surface area contributed by atoms with Crippen LogP contribution in [0.25, 0.3) is 38.9 Å². The Morgan fingerprint density at radius 2 is 1.70 bits per heavy atom. The first-order chi connectivity index (χ1) is 14.8. The van der Waals surface area contributed by atoms with Crippen LogP contribution in [0.15, 0.2) is 66.9 Å². The summed E-state index contributed by atoms with van der Waals surface area (Å²) in [7, 11) is 0. The van der Waals surface area contributed by atoms with Gasteiger partial charge in [-0.25, -0.2) is 9.67 Å². The van der Waals surface area contributed by atoms with Crippen LogP contribution in [-0.4, -0.2) is 19.7 Å². The molecule has 0 atom stereocenters. The summed E-state index contributed by atoms with van der Waals surface area (Å²) >= 11 is 6.14. The molecule has 3 heterocycles. The van der Waals surface area contributed by atoms with Gasteiger partial charge < -0.3 is 0 Å². The van der Waals surface area contributed by atoms with Crippen LogP contribution in [0.2, 0.25) is 5.02 Å². The Bertz CT molecular complexity index is 1390. The van der Waals surface area contributed by atoms with Crippen molar-refractivity contribution < 1.29 is 0 Å². The molecule has 0 fully saturated rings. The highest BCUT2D eigenvalue weighted by Crippen LogP contribution is 2.35. The summed E-state index contributed by atoms with van der Waals surface area (Å²) in [4.78, 5) is 9.97. The zero-order chi connectivity index (χ0) is 20.1. The molecule has 3 aromatic heterocycles. The molecule has 2 aromatic carbocycles. The molecule has 1 aliphatic carbocycles. The predicted molar refractivity (Wildman–Crippen MR) is 121 cm³/mol. The maximum atomic E-state index is 6.14. The van der Waals surface area contributed by atoms with Crippen LogP contribution in [0, 0.1) is 0 Å². The number of rotatable bonds is 2. The van der Waals surface area contributed by atoms with Crippen molar-refractivity contribution >= 4 is 33.5 Å². The highest BCUT2D eigenvalue weighted by molar-refractivity contribution is 6.30. The largest absolute Gasteiger partial charge is 0.252 e. The van der Waals surface area contributed by atoms with E-state index in [-0.39, 0.29) is 0 Å². The third-order valence-corrected chi connectivity index (χ3v) is 6.12. The monoisotopic (exact) mass is 410 g/mol. The molecule has 0 amide bonds. The van der Waals surface area contributed by atoms with Crippen molar-refractivity contribution in [2.75, 3.05) is 0 Å². The molecule has 0 N–H and O–H groups in total. The van der Waals surface area contributed by atoms with E-state index in [4.69, 9.17) is 26.7 Å². The van der Waals surface area contributed by atoms with Gasteiger partial charge in [-0.1, -0.05) is 41.9 Å². The molecular formula is C25H19ClN4. The summed E-state index contributed by atoms with van der Waals surface area (Å²) in [6.07, 6.45) is 6.51. The van der Waals surface area contributed by atoms with E-state index in [1.54, 1.807) is 0 Å². The van der Waals surface area contributed by atoms with Crippen molar-refractivity contribution in [1.29, 1.82) is 0 Å². The van der Waals surface area contributed by atoms with Crippen molar-refractivity contribution in [1.82, 2.24) is 19.7 Å². The first-order valence-corrected chi connectivity index (χ1v) is 10.7. The number of benzene rings is 2. The van der Waals surface area contributed by atoms with Crippen LogP contribution >= 0.6 is 11.6 Å². The fourth-order valence-electron chi connectivity index (χ4n) is 4.39. The van der Waals surface area contributed by atoms with Gasteiger partial charge in [0.2, 0.25) is 0 Å². The number of aryl methyl sites for hydroxylation is 2. The molecule has 0 aliphatic heterocycles. The smallest absolute Gasteiger partial charge is 0.165 e. The molecular weight excluding hydrogens is 392 g/mol. The molecule has 5 aromatic rings. The number of para-hydroxylation sites is 1. The number of nitrogens with zero attached hydrogens (tertiary/aromatic N) is 4. The SMILES string of the molecule is Clc1ccc(-c2nn(-c3ccccc3)c3ncc4cc5c(nc4c23)CCCC5)cc1. The summed E-state index contributed by atoms with van der Waals surface area (Å²) in [5, 5.41) is 7.77. The van der Waals surface area contributed by atoms with Gasteiger partial charge in [0, 0.05) is 27.9 Å². The molecule has 0 radical (unpaired) electrons. The fourth-order valence-corrected chi connectivity index (χ4v) is 4.51. The molecule has 6 rings (SSSR count). The van der Waals surface area contributed by atoms with Crippen LogP contribution in [-0.2, 0) is 12.8 Å². The van der Waals surface area contributed by atoms with Gasteiger partial charge in [0.1, 0.15) is 5.69 Å². The van der Waals surface area contributed by atoms with Crippen molar-refractivity contribution in [2.45, 2.75) is 25.7 Å². The lowest BCUT2D eigenvalue weighted by Gasteiger charge is -2.15. The van der Waals surface area contributed by atoms with Gasteiger partial charge in [0.05, 0.1) is 16.6 Å². The molecule has 1 aliphatic rings. The normalized spacial score (nSPS) is 13.6. The van der Waals surface area contributed by atoms with Gasteiger partial charge in [-0.05, 0) is 61.6 Å². The Balaban J connectivity index is 1.71. The van der Waals surface area contributed by atoms with E-state index in [9.17, 15) is 0 Å². The third-order valence-electron chi connectivity index (χ3n) is 5.87.